The summed E-state index contributed by atoms with van der Waals surface area (Å²) in [5.41, 5.74) is 8.23. The van der Waals surface area contributed by atoms with Gasteiger partial charge in [-0.1, -0.05) is 19.1 Å². The predicted octanol–water partition coefficient (Wildman–Crippen LogP) is 2.93. The number of methoxy groups -OCH3 is 1. The van der Waals surface area contributed by atoms with Crippen LogP contribution in [0.4, 0.5) is 0 Å². The molecule has 20 heavy (non-hydrogen) atoms. The van der Waals surface area contributed by atoms with E-state index < -0.39 is 0 Å². The molecular formula is C16H20N2O2. The number of benzene rings is 1. The molecule has 0 fully saturated rings. The Morgan fingerprint density at radius 1 is 1.20 bits per heavy atom. The highest BCUT2D eigenvalue weighted by molar-refractivity contribution is 5.40. The standard InChI is InChI=1S/C16H20N2O2/c1-3-10-20-13-6-4-12(5-7-13)16(17)14-8-9-18-11-15(14)19-2/h4-9,11,16H,3,10,17H2,1-2H3. The molecule has 0 aliphatic rings. The van der Waals surface area contributed by atoms with Crippen LogP contribution in [-0.2, 0) is 0 Å². The number of hydrogen-bond acceptors (Lipinski definition) is 4. The van der Waals surface area contributed by atoms with E-state index in [0.717, 1.165) is 29.9 Å². The summed E-state index contributed by atoms with van der Waals surface area (Å²) in [6.07, 6.45) is 4.39. The van der Waals surface area contributed by atoms with Crippen molar-refractivity contribution in [3.63, 3.8) is 0 Å². The van der Waals surface area contributed by atoms with Crippen LogP contribution < -0.4 is 15.2 Å². The Hall–Kier alpha value is -2.07. The molecule has 2 aromatic rings. The molecule has 0 saturated heterocycles. The lowest BCUT2D eigenvalue weighted by Crippen LogP contribution is -2.13. The molecule has 0 spiro atoms. The summed E-state index contributed by atoms with van der Waals surface area (Å²) in [5, 5.41) is 0. The van der Waals surface area contributed by atoms with Gasteiger partial charge >= 0.3 is 0 Å². The molecular weight excluding hydrogens is 252 g/mol. The van der Waals surface area contributed by atoms with E-state index in [0.29, 0.717) is 5.75 Å². The van der Waals surface area contributed by atoms with Crippen LogP contribution in [0, 0.1) is 0 Å². The van der Waals surface area contributed by atoms with Crippen molar-refractivity contribution in [2.24, 2.45) is 5.73 Å². The van der Waals surface area contributed by atoms with Gasteiger partial charge in [0, 0.05) is 11.8 Å². The quantitative estimate of drug-likeness (QED) is 0.878. The summed E-state index contributed by atoms with van der Waals surface area (Å²) >= 11 is 0. The van der Waals surface area contributed by atoms with Crippen molar-refractivity contribution < 1.29 is 9.47 Å². The topological polar surface area (TPSA) is 57.4 Å². The molecule has 0 aliphatic heterocycles. The Bertz CT molecular complexity index is 540. The lowest BCUT2D eigenvalue weighted by Gasteiger charge is -2.16. The van der Waals surface area contributed by atoms with Gasteiger partial charge in [0.15, 0.2) is 0 Å². The van der Waals surface area contributed by atoms with Crippen molar-refractivity contribution >= 4 is 0 Å². The van der Waals surface area contributed by atoms with Gasteiger partial charge in [-0.15, -0.1) is 0 Å². The molecule has 0 amide bonds. The summed E-state index contributed by atoms with van der Waals surface area (Å²) in [4.78, 5) is 4.04. The highest BCUT2D eigenvalue weighted by Gasteiger charge is 2.13. The minimum Gasteiger partial charge on any atom is -0.495 e. The first-order valence-corrected chi connectivity index (χ1v) is 6.72. The van der Waals surface area contributed by atoms with E-state index in [1.54, 1.807) is 19.5 Å². The molecule has 0 saturated carbocycles. The molecule has 0 aliphatic carbocycles. The van der Waals surface area contributed by atoms with Crippen LogP contribution in [0.3, 0.4) is 0 Å². The molecule has 1 heterocycles. The van der Waals surface area contributed by atoms with Gasteiger partial charge < -0.3 is 15.2 Å². The number of rotatable bonds is 6. The van der Waals surface area contributed by atoms with Gasteiger partial charge in [0.2, 0.25) is 0 Å². The average Bonchev–Trinajstić information content (AvgIpc) is 2.52. The second-order valence-corrected chi connectivity index (χ2v) is 4.51. The second-order valence-electron chi connectivity index (χ2n) is 4.51. The number of nitrogens with two attached hydrogens (primary N) is 1. The van der Waals surface area contributed by atoms with E-state index in [2.05, 4.69) is 11.9 Å². The highest BCUT2D eigenvalue weighted by Crippen LogP contribution is 2.28. The third kappa shape index (κ3) is 3.27. The number of hydrogen-bond donors (Lipinski definition) is 1. The zero-order chi connectivity index (χ0) is 14.4. The molecule has 2 rings (SSSR count). The van der Waals surface area contributed by atoms with Crippen molar-refractivity contribution in [1.82, 2.24) is 4.98 Å². The maximum absolute atomic E-state index is 6.29. The van der Waals surface area contributed by atoms with Crippen molar-refractivity contribution in [1.29, 1.82) is 0 Å². The van der Waals surface area contributed by atoms with Gasteiger partial charge in [-0.05, 0) is 30.2 Å². The monoisotopic (exact) mass is 272 g/mol. The molecule has 1 aromatic heterocycles. The average molecular weight is 272 g/mol. The largest absolute Gasteiger partial charge is 0.495 e. The molecule has 1 unspecified atom stereocenters. The Labute approximate surface area is 119 Å². The first-order valence-electron chi connectivity index (χ1n) is 6.72. The van der Waals surface area contributed by atoms with Crippen LogP contribution in [0.25, 0.3) is 0 Å². The molecule has 4 nitrogen and oxygen atoms in total. The van der Waals surface area contributed by atoms with Crippen LogP contribution in [0.5, 0.6) is 11.5 Å². The third-order valence-electron chi connectivity index (χ3n) is 3.08. The van der Waals surface area contributed by atoms with Gasteiger partial charge in [-0.25, -0.2) is 0 Å². The summed E-state index contributed by atoms with van der Waals surface area (Å²) in [5.74, 6) is 1.57. The van der Waals surface area contributed by atoms with Crippen LogP contribution in [0.15, 0.2) is 42.7 Å². The molecule has 4 heteroatoms. The van der Waals surface area contributed by atoms with Gasteiger partial charge in [0.05, 0.1) is 26.0 Å². The van der Waals surface area contributed by atoms with Crippen molar-refractivity contribution in [3.8, 4) is 11.5 Å². The van der Waals surface area contributed by atoms with E-state index in [1.807, 2.05) is 30.3 Å². The number of pyridine rings is 1. The number of ether oxygens (including phenoxy) is 2. The predicted molar refractivity (Wildman–Crippen MR) is 79.0 cm³/mol. The van der Waals surface area contributed by atoms with Crippen molar-refractivity contribution in [2.45, 2.75) is 19.4 Å². The summed E-state index contributed by atoms with van der Waals surface area (Å²) in [6, 6.07) is 9.49. The minimum atomic E-state index is -0.242. The Morgan fingerprint density at radius 2 is 1.95 bits per heavy atom. The lowest BCUT2D eigenvalue weighted by molar-refractivity contribution is 0.317. The van der Waals surface area contributed by atoms with Crippen LogP contribution >= 0.6 is 0 Å². The molecule has 1 aromatic carbocycles. The van der Waals surface area contributed by atoms with Crippen LogP contribution in [0.2, 0.25) is 0 Å². The molecule has 106 valence electrons. The van der Waals surface area contributed by atoms with E-state index in [1.165, 1.54) is 0 Å². The molecule has 1 atom stereocenters. The zero-order valence-electron chi connectivity index (χ0n) is 11.9. The summed E-state index contributed by atoms with van der Waals surface area (Å²) < 4.78 is 10.9. The van der Waals surface area contributed by atoms with Crippen LogP contribution in [0.1, 0.15) is 30.5 Å². The Kier molecular flexibility index (Phi) is 4.96. The van der Waals surface area contributed by atoms with Crippen molar-refractivity contribution in [3.05, 3.63) is 53.9 Å². The van der Waals surface area contributed by atoms with Crippen LogP contribution in [-0.4, -0.2) is 18.7 Å². The first-order chi connectivity index (χ1) is 9.76. The Morgan fingerprint density at radius 3 is 2.60 bits per heavy atom. The number of nitrogens with zero attached hydrogens (tertiary/aromatic N) is 1. The fourth-order valence-electron chi connectivity index (χ4n) is 1.99. The third-order valence-corrected chi connectivity index (χ3v) is 3.08. The fraction of sp³-hybridized carbons (Fsp3) is 0.312. The maximum atomic E-state index is 6.29. The molecule has 0 bridgehead atoms. The highest BCUT2D eigenvalue weighted by atomic mass is 16.5. The first kappa shape index (κ1) is 14.3. The SMILES string of the molecule is CCCOc1ccc(C(N)c2ccncc2OC)cc1. The normalized spacial score (nSPS) is 11.9. The van der Waals surface area contributed by atoms with E-state index in [9.17, 15) is 0 Å². The molecule has 0 radical (unpaired) electrons. The smallest absolute Gasteiger partial charge is 0.142 e. The van der Waals surface area contributed by atoms with Gasteiger partial charge in [-0.2, -0.15) is 0 Å². The van der Waals surface area contributed by atoms with Gasteiger partial charge in [0.25, 0.3) is 0 Å². The van der Waals surface area contributed by atoms with E-state index in [-0.39, 0.29) is 6.04 Å². The van der Waals surface area contributed by atoms with E-state index in [4.69, 9.17) is 15.2 Å². The summed E-state index contributed by atoms with van der Waals surface area (Å²) in [6.45, 7) is 2.81. The number of aromatic nitrogens is 1. The zero-order valence-corrected chi connectivity index (χ0v) is 11.9. The Balaban J connectivity index is 2.18. The van der Waals surface area contributed by atoms with Gasteiger partial charge in [0.1, 0.15) is 11.5 Å². The summed E-state index contributed by atoms with van der Waals surface area (Å²) in [7, 11) is 1.62. The second kappa shape index (κ2) is 6.91. The lowest BCUT2D eigenvalue weighted by atomic mass is 10.00. The fourth-order valence-corrected chi connectivity index (χ4v) is 1.99. The molecule has 2 N–H and O–H groups in total. The van der Waals surface area contributed by atoms with E-state index >= 15 is 0 Å². The van der Waals surface area contributed by atoms with Gasteiger partial charge in [-0.3, -0.25) is 4.98 Å². The maximum Gasteiger partial charge on any atom is 0.142 e. The van der Waals surface area contributed by atoms with Crippen molar-refractivity contribution in [2.75, 3.05) is 13.7 Å². The minimum absolute atomic E-state index is 0.242.